The second kappa shape index (κ2) is 9.45. The number of rotatable bonds is 6. The van der Waals surface area contributed by atoms with Crippen molar-refractivity contribution >= 4 is 28.8 Å². The fraction of sp³-hybridized carbons (Fsp3) is 0.323. The van der Waals surface area contributed by atoms with Gasteiger partial charge in [0.2, 0.25) is 0 Å². The van der Waals surface area contributed by atoms with Gasteiger partial charge in [-0.2, -0.15) is 0 Å². The Morgan fingerprint density at radius 3 is 2.26 bits per heavy atom. The van der Waals surface area contributed by atoms with E-state index in [4.69, 9.17) is 18.9 Å². The molecule has 1 saturated heterocycles. The Labute approximate surface area is 228 Å². The second-order valence-corrected chi connectivity index (χ2v) is 12.4. The highest BCUT2D eigenvalue weighted by molar-refractivity contribution is 7.97. The molecule has 198 valence electrons. The first kappa shape index (κ1) is 24.3. The molecule has 8 heteroatoms. The number of carbonyl (C=O) groups excluding carboxylic acids is 3. The zero-order chi connectivity index (χ0) is 26.7. The molecule has 0 spiro atoms. The van der Waals surface area contributed by atoms with Crippen molar-refractivity contribution in [3.8, 4) is 5.75 Å². The maximum Gasteiger partial charge on any atom is 0.344 e. The van der Waals surface area contributed by atoms with Crippen LogP contribution in [0.3, 0.4) is 0 Å². The number of fused-ring (bicyclic) bond motifs is 3. The smallest absolute Gasteiger partial charge is 0.344 e. The molecule has 3 fully saturated rings. The Balaban J connectivity index is 1.03. The molecule has 0 radical (unpaired) electrons. The standard InChI is InChI=1S/C31H27O7S/c1-35-30(33)26-21-15-22-27(26)31(34)38-29(22)28(21)37-25(32)16-36-19-10-12-20(13-11-19)39-23-8-4-2-6-17(23)14-18-7-3-5-9-24(18)39/h2-13,21-22,26-29H,14-16H2,1H3/q+1. The van der Waals surface area contributed by atoms with Gasteiger partial charge >= 0.3 is 17.9 Å². The van der Waals surface area contributed by atoms with Crippen LogP contribution >= 0.6 is 0 Å². The number of carbonyl (C=O) groups is 3. The summed E-state index contributed by atoms with van der Waals surface area (Å²) in [5, 5.41) is 0. The fourth-order valence-corrected chi connectivity index (χ4v) is 9.27. The van der Waals surface area contributed by atoms with Crippen LogP contribution in [0.1, 0.15) is 17.5 Å². The lowest BCUT2D eigenvalue weighted by atomic mass is 9.78. The average Bonchev–Trinajstić information content (AvgIpc) is 3.59. The highest BCUT2D eigenvalue weighted by Crippen LogP contribution is 2.59. The molecular formula is C31H27O7S+. The van der Waals surface area contributed by atoms with Gasteiger partial charge in [-0.15, -0.1) is 0 Å². The molecule has 2 aliphatic carbocycles. The molecule has 0 N–H and O–H groups in total. The van der Waals surface area contributed by atoms with Crippen molar-refractivity contribution in [1.29, 1.82) is 0 Å². The molecule has 6 atom stereocenters. The lowest BCUT2D eigenvalue weighted by Gasteiger charge is -2.29. The largest absolute Gasteiger partial charge is 0.482 e. The van der Waals surface area contributed by atoms with E-state index in [1.807, 2.05) is 12.1 Å². The first-order valence-corrected chi connectivity index (χ1v) is 14.4. The topological polar surface area (TPSA) is 88.1 Å². The van der Waals surface area contributed by atoms with Crippen molar-refractivity contribution in [2.24, 2.45) is 23.7 Å². The molecule has 2 bridgehead atoms. The summed E-state index contributed by atoms with van der Waals surface area (Å²) in [6.45, 7) is -0.280. The van der Waals surface area contributed by atoms with E-state index in [1.165, 1.54) is 32.9 Å². The first-order chi connectivity index (χ1) is 19.0. The quantitative estimate of drug-likeness (QED) is 0.207. The van der Waals surface area contributed by atoms with Gasteiger partial charge in [-0.3, -0.25) is 9.59 Å². The SMILES string of the molecule is COC(=O)C1C2CC3C(OC(=O)C31)C2OC(=O)COc1ccc([S+]2c3ccccc3Cc3ccccc32)cc1. The Morgan fingerprint density at radius 2 is 1.59 bits per heavy atom. The van der Waals surface area contributed by atoms with Crippen molar-refractivity contribution in [2.75, 3.05) is 13.7 Å². The van der Waals surface area contributed by atoms with Crippen LogP contribution in [0.2, 0.25) is 0 Å². The summed E-state index contributed by atoms with van der Waals surface area (Å²) in [5.41, 5.74) is 2.69. The minimum atomic E-state index is -0.659. The molecule has 6 unspecified atom stereocenters. The molecule has 2 heterocycles. The summed E-state index contributed by atoms with van der Waals surface area (Å²) in [4.78, 5) is 41.3. The third-order valence-electron chi connectivity index (χ3n) is 8.47. The summed E-state index contributed by atoms with van der Waals surface area (Å²) in [5.74, 6) is -2.38. The minimum Gasteiger partial charge on any atom is -0.482 e. The predicted molar refractivity (Wildman–Crippen MR) is 140 cm³/mol. The number of hydrogen-bond acceptors (Lipinski definition) is 7. The Kier molecular flexibility index (Phi) is 5.88. The molecule has 7 nitrogen and oxygen atoms in total. The van der Waals surface area contributed by atoms with Gasteiger partial charge in [-0.05, 0) is 42.8 Å². The van der Waals surface area contributed by atoms with Crippen LogP contribution in [0.5, 0.6) is 5.75 Å². The van der Waals surface area contributed by atoms with Crippen LogP contribution in [0.4, 0.5) is 0 Å². The molecule has 4 aliphatic rings. The minimum absolute atomic E-state index is 0.117. The van der Waals surface area contributed by atoms with Crippen molar-refractivity contribution in [1.82, 2.24) is 0 Å². The zero-order valence-corrected chi connectivity index (χ0v) is 22.1. The molecule has 3 aromatic carbocycles. The Hall–Kier alpha value is -3.78. The molecule has 0 amide bonds. The number of esters is 3. The number of ether oxygens (including phenoxy) is 4. The normalized spacial score (nSPS) is 27.9. The second-order valence-electron chi connectivity index (χ2n) is 10.5. The van der Waals surface area contributed by atoms with Crippen LogP contribution in [0.25, 0.3) is 0 Å². The number of benzene rings is 3. The zero-order valence-electron chi connectivity index (χ0n) is 21.3. The Bertz CT molecular complexity index is 1420. The maximum absolute atomic E-state index is 12.7. The summed E-state index contributed by atoms with van der Waals surface area (Å²) < 4.78 is 21.9. The lowest BCUT2D eigenvalue weighted by molar-refractivity contribution is -0.166. The van der Waals surface area contributed by atoms with Gasteiger partial charge in [0.05, 0.1) is 29.8 Å². The maximum atomic E-state index is 12.7. The molecule has 2 saturated carbocycles. The van der Waals surface area contributed by atoms with Crippen LogP contribution in [-0.2, 0) is 45.9 Å². The van der Waals surface area contributed by atoms with Gasteiger partial charge in [-0.1, -0.05) is 36.4 Å². The Morgan fingerprint density at radius 1 is 0.923 bits per heavy atom. The van der Waals surface area contributed by atoms with E-state index in [9.17, 15) is 14.4 Å². The van der Waals surface area contributed by atoms with E-state index in [0.717, 1.165) is 6.42 Å². The van der Waals surface area contributed by atoms with Gasteiger partial charge in [0.25, 0.3) is 0 Å². The highest BCUT2D eigenvalue weighted by atomic mass is 32.2. The monoisotopic (exact) mass is 543 g/mol. The van der Waals surface area contributed by atoms with Crippen molar-refractivity contribution in [3.05, 3.63) is 83.9 Å². The van der Waals surface area contributed by atoms with Gasteiger partial charge in [0.1, 0.15) is 18.0 Å². The molecule has 0 aromatic heterocycles. The van der Waals surface area contributed by atoms with Crippen LogP contribution in [0.15, 0.2) is 87.5 Å². The van der Waals surface area contributed by atoms with E-state index < -0.39 is 42.0 Å². The summed E-state index contributed by atoms with van der Waals surface area (Å²) >= 11 is 0. The first-order valence-electron chi connectivity index (χ1n) is 13.1. The number of methoxy groups -OCH3 is 1. The van der Waals surface area contributed by atoms with E-state index in [-0.39, 0.29) is 29.3 Å². The van der Waals surface area contributed by atoms with Crippen LogP contribution in [0, 0.1) is 23.7 Å². The van der Waals surface area contributed by atoms with Crippen molar-refractivity contribution < 1.29 is 33.3 Å². The van der Waals surface area contributed by atoms with Crippen molar-refractivity contribution in [3.63, 3.8) is 0 Å². The summed E-state index contributed by atoms with van der Waals surface area (Å²) in [6, 6.07) is 25.0. The summed E-state index contributed by atoms with van der Waals surface area (Å²) in [7, 11) is 1.08. The molecular weight excluding hydrogens is 516 g/mol. The molecule has 39 heavy (non-hydrogen) atoms. The van der Waals surface area contributed by atoms with Gasteiger partial charge in [0, 0.05) is 29.4 Å². The average molecular weight is 544 g/mol. The van der Waals surface area contributed by atoms with Crippen molar-refractivity contribution in [2.45, 2.75) is 39.7 Å². The van der Waals surface area contributed by atoms with Crippen LogP contribution < -0.4 is 4.74 Å². The fourth-order valence-electron chi connectivity index (χ4n) is 6.88. The van der Waals surface area contributed by atoms with E-state index in [0.29, 0.717) is 12.2 Å². The third-order valence-corrected chi connectivity index (χ3v) is 10.9. The number of hydrogen-bond donors (Lipinski definition) is 0. The van der Waals surface area contributed by atoms with E-state index >= 15 is 0 Å². The molecule has 7 rings (SSSR count). The van der Waals surface area contributed by atoms with Gasteiger partial charge in [0.15, 0.2) is 21.3 Å². The molecule has 3 aromatic rings. The van der Waals surface area contributed by atoms with E-state index in [1.54, 1.807) is 0 Å². The van der Waals surface area contributed by atoms with Gasteiger partial charge < -0.3 is 18.9 Å². The van der Waals surface area contributed by atoms with E-state index in [2.05, 4.69) is 60.7 Å². The third kappa shape index (κ3) is 3.92. The van der Waals surface area contributed by atoms with Gasteiger partial charge in [-0.25, -0.2) is 4.79 Å². The highest BCUT2D eigenvalue weighted by Gasteiger charge is 2.70. The summed E-state index contributed by atoms with van der Waals surface area (Å²) in [6.07, 6.45) is 0.379. The lowest BCUT2D eigenvalue weighted by Crippen LogP contribution is -2.44. The predicted octanol–water partition coefficient (Wildman–Crippen LogP) is 3.96. The molecule has 2 aliphatic heterocycles. The van der Waals surface area contributed by atoms with Crippen LogP contribution in [-0.4, -0.2) is 43.8 Å².